The lowest BCUT2D eigenvalue weighted by atomic mass is 9.76. The van der Waals surface area contributed by atoms with Crippen molar-refractivity contribution in [3.05, 3.63) is 0 Å². The van der Waals surface area contributed by atoms with E-state index in [9.17, 15) is 0 Å². The van der Waals surface area contributed by atoms with Crippen LogP contribution in [-0.2, 0) is 4.74 Å². The predicted octanol–water partition coefficient (Wildman–Crippen LogP) is 3.65. The fraction of sp³-hybridized carbons (Fsp3) is 1.00. The molecule has 18 heavy (non-hydrogen) atoms. The van der Waals surface area contributed by atoms with Crippen molar-refractivity contribution in [2.24, 2.45) is 5.92 Å². The lowest BCUT2D eigenvalue weighted by Gasteiger charge is -2.46. The Kier molecular flexibility index (Phi) is 3.95. The van der Waals surface area contributed by atoms with E-state index in [0.717, 1.165) is 12.0 Å². The maximum atomic E-state index is 6.59. The molecule has 0 amide bonds. The molecule has 2 nitrogen and oxygen atoms in total. The molecule has 0 heterocycles. The van der Waals surface area contributed by atoms with Crippen molar-refractivity contribution >= 4 is 0 Å². The van der Waals surface area contributed by atoms with Gasteiger partial charge in [0, 0.05) is 6.04 Å². The van der Waals surface area contributed by atoms with Gasteiger partial charge in [-0.05, 0) is 63.8 Å². The molecule has 0 aromatic carbocycles. The summed E-state index contributed by atoms with van der Waals surface area (Å²) in [6.07, 6.45) is 14.1. The normalized spacial score (nSPS) is 35.2. The molecule has 104 valence electrons. The first-order chi connectivity index (χ1) is 8.77. The van der Waals surface area contributed by atoms with E-state index < -0.39 is 0 Å². The molecular formula is C16H29NO. The van der Waals surface area contributed by atoms with E-state index in [1.807, 2.05) is 0 Å². The minimum Gasteiger partial charge on any atom is -0.371 e. The van der Waals surface area contributed by atoms with Crippen molar-refractivity contribution in [3.8, 4) is 0 Å². The first-order valence-electron chi connectivity index (χ1n) is 8.19. The monoisotopic (exact) mass is 251 g/mol. The standard InChI is InChI=1S/C16H29NO/c1-13-5-2-3-6-15(13)18-16(9-4-10-16)11-12-17-14-7-8-14/h13-15,17H,2-12H2,1H3. The zero-order chi connectivity index (χ0) is 12.4. The van der Waals surface area contributed by atoms with Crippen molar-refractivity contribution in [2.45, 2.75) is 88.9 Å². The van der Waals surface area contributed by atoms with Gasteiger partial charge < -0.3 is 10.1 Å². The lowest BCUT2D eigenvalue weighted by molar-refractivity contribution is -0.164. The van der Waals surface area contributed by atoms with Gasteiger partial charge in [-0.3, -0.25) is 0 Å². The van der Waals surface area contributed by atoms with E-state index in [4.69, 9.17) is 4.74 Å². The van der Waals surface area contributed by atoms with Crippen LogP contribution in [-0.4, -0.2) is 24.3 Å². The largest absolute Gasteiger partial charge is 0.371 e. The van der Waals surface area contributed by atoms with Crippen molar-refractivity contribution in [2.75, 3.05) is 6.54 Å². The molecule has 0 aromatic heterocycles. The van der Waals surface area contributed by atoms with E-state index in [2.05, 4.69) is 12.2 Å². The zero-order valence-electron chi connectivity index (χ0n) is 11.9. The zero-order valence-corrected chi connectivity index (χ0v) is 11.9. The van der Waals surface area contributed by atoms with Crippen LogP contribution in [0.2, 0.25) is 0 Å². The highest BCUT2D eigenvalue weighted by Crippen LogP contribution is 2.42. The Hall–Kier alpha value is -0.0800. The fourth-order valence-corrected chi connectivity index (χ4v) is 3.57. The highest BCUT2D eigenvalue weighted by atomic mass is 16.5. The Labute approximate surface area is 112 Å². The number of ether oxygens (including phenoxy) is 1. The van der Waals surface area contributed by atoms with Crippen LogP contribution in [0.3, 0.4) is 0 Å². The summed E-state index contributed by atoms with van der Waals surface area (Å²) < 4.78 is 6.59. The molecule has 0 spiro atoms. The Bertz CT molecular complexity index is 270. The van der Waals surface area contributed by atoms with Crippen LogP contribution in [0.25, 0.3) is 0 Å². The van der Waals surface area contributed by atoms with Crippen LogP contribution >= 0.6 is 0 Å². The first-order valence-corrected chi connectivity index (χ1v) is 8.19. The topological polar surface area (TPSA) is 21.3 Å². The molecule has 2 heteroatoms. The van der Waals surface area contributed by atoms with Gasteiger partial charge in [0.25, 0.3) is 0 Å². The highest BCUT2D eigenvalue weighted by Gasteiger charge is 2.41. The molecule has 0 bridgehead atoms. The Morgan fingerprint density at radius 3 is 2.44 bits per heavy atom. The van der Waals surface area contributed by atoms with Crippen LogP contribution in [0, 0.1) is 5.92 Å². The van der Waals surface area contributed by atoms with Gasteiger partial charge in [0.15, 0.2) is 0 Å². The quantitative estimate of drug-likeness (QED) is 0.778. The summed E-state index contributed by atoms with van der Waals surface area (Å²) >= 11 is 0. The molecule has 0 saturated heterocycles. The summed E-state index contributed by atoms with van der Waals surface area (Å²) in [7, 11) is 0. The average Bonchev–Trinajstić information content (AvgIpc) is 3.12. The van der Waals surface area contributed by atoms with Crippen LogP contribution in [0.15, 0.2) is 0 Å². The summed E-state index contributed by atoms with van der Waals surface area (Å²) in [5.74, 6) is 0.785. The van der Waals surface area contributed by atoms with E-state index in [1.54, 1.807) is 0 Å². The van der Waals surface area contributed by atoms with E-state index in [0.29, 0.717) is 6.10 Å². The maximum Gasteiger partial charge on any atom is 0.0698 e. The summed E-state index contributed by atoms with van der Waals surface area (Å²) in [6.45, 7) is 3.56. The van der Waals surface area contributed by atoms with Gasteiger partial charge in [-0.2, -0.15) is 0 Å². The third kappa shape index (κ3) is 3.08. The molecule has 0 aliphatic heterocycles. The number of nitrogens with one attached hydrogen (secondary N) is 1. The molecule has 3 rings (SSSR count). The Balaban J connectivity index is 1.47. The van der Waals surface area contributed by atoms with Gasteiger partial charge in [-0.1, -0.05) is 19.8 Å². The number of hydrogen-bond acceptors (Lipinski definition) is 2. The Morgan fingerprint density at radius 1 is 1.06 bits per heavy atom. The van der Waals surface area contributed by atoms with Crippen molar-refractivity contribution in [3.63, 3.8) is 0 Å². The van der Waals surface area contributed by atoms with Crippen LogP contribution in [0.5, 0.6) is 0 Å². The second kappa shape index (κ2) is 5.50. The third-order valence-electron chi connectivity index (χ3n) is 5.29. The van der Waals surface area contributed by atoms with Gasteiger partial charge in [0.2, 0.25) is 0 Å². The van der Waals surface area contributed by atoms with Gasteiger partial charge in [0.1, 0.15) is 0 Å². The summed E-state index contributed by atoms with van der Waals surface area (Å²) in [4.78, 5) is 0. The molecule has 3 aliphatic carbocycles. The third-order valence-corrected chi connectivity index (χ3v) is 5.29. The molecule has 3 saturated carbocycles. The van der Waals surface area contributed by atoms with Crippen LogP contribution in [0.4, 0.5) is 0 Å². The highest BCUT2D eigenvalue weighted by molar-refractivity contribution is 4.93. The SMILES string of the molecule is CC1CCCCC1OC1(CCNC2CC2)CCC1. The molecular weight excluding hydrogens is 222 g/mol. The molecule has 2 atom stereocenters. The summed E-state index contributed by atoms with van der Waals surface area (Å²) in [6, 6.07) is 0.843. The van der Waals surface area contributed by atoms with E-state index in [1.165, 1.54) is 70.8 Å². The number of hydrogen-bond donors (Lipinski definition) is 1. The fourth-order valence-electron chi connectivity index (χ4n) is 3.57. The maximum absolute atomic E-state index is 6.59. The summed E-state index contributed by atoms with van der Waals surface area (Å²) in [5, 5.41) is 3.65. The van der Waals surface area contributed by atoms with Gasteiger partial charge in [0.05, 0.1) is 11.7 Å². The van der Waals surface area contributed by atoms with Gasteiger partial charge >= 0.3 is 0 Å². The predicted molar refractivity (Wildman–Crippen MR) is 74.7 cm³/mol. The van der Waals surface area contributed by atoms with Crippen LogP contribution < -0.4 is 5.32 Å². The first kappa shape index (κ1) is 12.9. The second-order valence-corrected chi connectivity index (χ2v) is 6.93. The molecule has 0 aromatic rings. The Morgan fingerprint density at radius 2 is 1.83 bits per heavy atom. The second-order valence-electron chi connectivity index (χ2n) is 6.93. The van der Waals surface area contributed by atoms with E-state index >= 15 is 0 Å². The molecule has 3 aliphatic rings. The van der Waals surface area contributed by atoms with Crippen LogP contribution in [0.1, 0.15) is 71.1 Å². The van der Waals surface area contributed by atoms with Gasteiger partial charge in [-0.15, -0.1) is 0 Å². The average molecular weight is 251 g/mol. The van der Waals surface area contributed by atoms with Crippen molar-refractivity contribution < 1.29 is 4.74 Å². The molecule has 0 radical (unpaired) electrons. The van der Waals surface area contributed by atoms with Crippen molar-refractivity contribution in [1.29, 1.82) is 0 Å². The van der Waals surface area contributed by atoms with E-state index in [-0.39, 0.29) is 5.60 Å². The number of rotatable bonds is 6. The van der Waals surface area contributed by atoms with Crippen molar-refractivity contribution in [1.82, 2.24) is 5.32 Å². The smallest absolute Gasteiger partial charge is 0.0698 e. The lowest BCUT2D eigenvalue weighted by Crippen LogP contribution is -2.47. The molecule has 1 N–H and O–H groups in total. The minimum atomic E-state index is 0.262. The molecule has 2 unspecified atom stereocenters. The minimum absolute atomic E-state index is 0.262. The van der Waals surface area contributed by atoms with Gasteiger partial charge in [-0.25, -0.2) is 0 Å². The summed E-state index contributed by atoms with van der Waals surface area (Å²) in [5.41, 5.74) is 0.262. The molecule has 3 fully saturated rings.